The Morgan fingerprint density at radius 1 is 1.25 bits per heavy atom. The summed E-state index contributed by atoms with van der Waals surface area (Å²) in [5, 5.41) is 11.1. The number of carbonyl (C=O) groups is 3. The predicted octanol–water partition coefficient (Wildman–Crippen LogP) is -2.38. The maximum absolute atomic E-state index is 12.3. The molecule has 2 saturated heterocycles. The second-order valence-electron chi connectivity index (χ2n) is 6.59. The molecule has 2 fully saturated rings. The zero-order valence-electron chi connectivity index (χ0n) is 14.0. The van der Waals surface area contributed by atoms with Gasteiger partial charge in [0, 0.05) is 17.6 Å². The average Bonchev–Trinajstić information content (AvgIpc) is 2.74. The molecule has 5 nitrogen and oxygen atoms in total. The number of hydrogen-bond acceptors (Lipinski definition) is 5. The quantitative estimate of drug-likeness (QED) is 0.436. The number of rotatable bonds is 5. The first-order valence-corrected chi connectivity index (χ1v) is 8.45. The molecule has 0 aliphatic carbocycles. The molecule has 2 aliphatic rings. The van der Waals surface area contributed by atoms with Crippen molar-refractivity contribution >= 4 is 29.4 Å². The number of thioether (sulfide) groups is 1. The number of β-lactam (4-membered cyclic amide) rings is 1. The van der Waals surface area contributed by atoms with Gasteiger partial charge >= 0.3 is 29.6 Å². The number of Topliss-reactive ketones (excluding diaryl/α,β-unsaturated/α-hetero) is 1. The summed E-state index contributed by atoms with van der Waals surface area (Å²) in [5.74, 6) is -1.89. The van der Waals surface area contributed by atoms with Gasteiger partial charge in [-0.2, -0.15) is 0 Å². The second-order valence-corrected chi connectivity index (χ2v) is 8.36. The van der Waals surface area contributed by atoms with Crippen LogP contribution >= 0.6 is 11.8 Å². The van der Waals surface area contributed by atoms with Gasteiger partial charge in [0.25, 0.3) is 0 Å². The molecule has 1 aromatic rings. The Kier molecular flexibility index (Phi) is 5.85. The minimum atomic E-state index is -1.23. The van der Waals surface area contributed by atoms with Gasteiger partial charge in [-0.3, -0.25) is 9.59 Å². The molecule has 2 heterocycles. The van der Waals surface area contributed by atoms with Crippen molar-refractivity contribution in [3.05, 3.63) is 35.9 Å². The summed E-state index contributed by atoms with van der Waals surface area (Å²) in [7, 11) is 0. The summed E-state index contributed by atoms with van der Waals surface area (Å²) in [6.07, 6.45) is 0.465. The van der Waals surface area contributed by atoms with Crippen LogP contribution in [0.5, 0.6) is 0 Å². The van der Waals surface area contributed by atoms with Crippen molar-refractivity contribution in [2.24, 2.45) is 5.92 Å². The van der Waals surface area contributed by atoms with E-state index in [0.717, 1.165) is 5.56 Å². The van der Waals surface area contributed by atoms with Crippen LogP contribution in [0.25, 0.3) is 0 Å². The molecule has 3 rings (SSSR count). The first kappa shape index (κ1) is 19.5. The summed E-state index contributed by atoms with van der Waals surface area (Å²) in [4.78, 5) is 37.2. The van der Waals surface area contributed by atoms with Crippen molar-refractivity contribution in [1.29, 1.82) is 0 Å². The Balaban J connectivity index is 0.00000208. The molecule has 0 bridgehead atoms. The van der Waals surface area contributed by atoms with E-state index in [1.165, 1.54) is 16.7 Å². The number of amides is 1. The number of nitrogens with zero attached hydrogens (tertiary/aromatic N) is 1. The average molecular weight is 355 g/mol. The zero-order chi connectivity index (χ0) is 16.8. The van der Waals surface area contributed by atoms with E-state index in [2.05, 4.69) is 0 Å². The van der Waals surface area contributed by atoms with E-state index in [1.54, 1.807) is 13.8 Å². The number of hydrogen-bond donors (Lipinski definition) is 0. The van der Waals surface area contributed by atoms with Crippen LogP contribution in [0.3, 0.4) is 0 Å². The molecule has 0 spiro atoms. The van der Waals surface area contributed by atoms with Crippen LogP contribution in [0.15, 0.2) is 30.3 Å². The van der Waals surface area contributed by atoms with Crippen molar-refractivity contribution in [2.45, 2.75) is 42.9 Å². The number of ketones is 1. The van der Waals surface area contributed by atoms with E-state index in [9.17, 15) is 19.5 Å². The van der Waals surface area contributed by atoms with Gasteiger partial charge in [0.1, 0.15) is 5.78 Å². The van der Waals surface area contributed by atoms with Gasteiger partial charge in [0.05, 0.1) is 23.3 Å². The summed E-state index contributed by atoms with van der Waals surface area (Å²) in [6, 6.07) is 8.47. The van der Waals surface area contributed by atoms with Crippen LogP contribution in [0.2, 0.25) is 0 Å². The summed E-state index contributed by atoms with van der Waals surface area (Å²) < 4.78 is -0.601. The molecule has 2 aliphatic heterocycles. The third kappa shape index (κ3) is 3.43. The van der Waals surface area contributed by atoms with Gasteiger partial charge in [0.2, 0.25) is 5.91 Å². The fraction of sp³-hybridized carbons (Fsp3) is 0.471. The van der Waals surface area contributed by atoms with Crippen LogP contribution in [0.4, 0.5) is 0 Å². The van der Waals surface area contributed by atoms with Gasteiger partial charge in [-0.1, -0.05) is 30.3 Å². The molecule has 3 atom stereocenters. The molecule has 1 aromatic carbocycles. The number of aliphatic carboxylic acids is 1. The summed E-state index contributed by atoms with van der Waals surface area (Å²) >= 11 is 1.45. The molecule has 0 N–H and O–H groups in total. The topological polar surface area (TPSA) is 77.5 Å². The molecule has 0 saturated carbocycles. The fourth-order valence-electron chi connectivity index (χ4n) is 3.40. The SMILES string of the molecule is CC1(C)S[C@@H]2[C@H](CC(=O)Cc3ccccc3)C(=O)N2[C@H]1C(=O)[O-].[Na+]. The molecule has 0 radical (unpaired) electrons. The van der Waals surface area contributed by atoms with Crippen LogP contribution in [0, 0.1) is 5.92 Å². The van der Waals surface area contributed by atoms with E-state index in [0.29, 0.717) is 6.42 Å². The Labute approximate surface area is 167 Å². The van der Waals surface area contributed by atoms with Crippen LogP contribution < -0.4 is 34.7 Å². The third-order valence-electron chi connectivity index (χ3n) is 4.47. The monoisotopic (exact) mass is 355 g/mol. The third-order valence-corrected chi connectivity index (χ3v) is 6.09. The first-order valence-electron chi connectivity index (χ1n) is 7.58. The number of carboxylic acid groups (broad SMARTS) is 1. The Morgan fingerprint density at radius 2 is 1.88 bits per heavy atom. The van der Waals surface area contributed by atoms with Gasteiger partial charge in [0.15, 0.2) is 0 Å². The smallest absolute Gasteiger partial charge is 0.548 e. The van der Waals surface area contributed by atoms with Gasteiger partial charge < -0.3 is 14.8 Å². The van der Waals surface area contributed by atoms with Crippen LogP contribution in [-0.4, -0.2) is 38.7 Å². The first-order chi connectivity index (χ1) is 10.8. The predicted molar refractivity (Wildman–Crippen MR) is 84.4 cm³/mol. The van der Waals surface area contributed by atoms with Gasteiger partial charge in [-0.15, -0.1) is 11.8 Å². The standard InChI is InChI=1S/C17H19NO4S.Na/c1-17(2)13(16(21)22)18-14(20)12(15(18)23-17)9-11(19)8-10-6-4-3-5-7-10;/h3-7,12-13,15H,8-9H2,1-2H3,(H,21,22);/q;+1/p-1/t12-,13+,15-;/m1./s1. The summed E-state index contributed by atoms with van der Waals surface area (Å²) in [6.45, 7) is 3.60. The van der Waals surface area contributed by atoms with Gasteiger partial charge in [-0.05, 0) is 19.4 Å². The maximum Gasteiger partial charge on any atom is 1.00 e. The van der Waals surface area contributed by atoms with E-state index >= 15 is 0 Å². The van der Waals surface area contributed by atoms with Gasteiger partial charge in [-0.25, -0.2) is 0 Å². The number of carboxylic acids is 1. The molecule has 7 heteroatoms. The minimum absolute atomic E-state index is 0. The Morgan fingerprint density at radius 3 is 2.46 bits per heavy atom. The zero-order valence-corrected chi connectivity index (χ0v) is 16.8. The molecule has 24 heavy (non-hydrogen) atoms. The fourth-order valence-corrected chi connectivity index (χ4v) is 5.08. The van der Waals surface area contributed by atoms with E-state index in [4.69, 9.17) is 0 Å². The van der Waals surface area contributed by atoms with E-state index < -0.39 is 22.7 Å². The van der Waals surface area contributed by atoms with Crippen molar-refractivity contribution in [1.82, 2.24) is 4.90 Å². The van der Waals surface area contributed by atoms with E-state index in [1.807, 2.05) is 30.3 Å². The largest absolute Gasteiger partial charge is 1.00 e. The van der Waals surface area contributed by atoms with E-state index in [-0.39, 0.29) is 53.0 Å². The number of fused-ring (bicyclic) bond motifs is 1. The number of carbonyl (C=O) groups excluding carboxylic acids is 3. The maximum atomic E-state index is 12.3. The number of benzene rings is 1. The minimum Gasteiger partial charge on any atom is -0.548 e. The second kappa shape index (κ2) is 7.20. The molecular weight excluding hydrogens is 337 g/mol. The molecular formula is C17H18NNaO4S. The van der Waals surface area contributed by atoms with Crippen molar-refractivity contribution in [2.75, 3.05) is 0 Å². The van der Waals surface area contributed by atoms with Crippen molar-refractivity contribution in [3.8, 4) is 0 Å². The Bertz CT molecular complexity index is 664. The molecule has 0 aromatic heterocycles. The van der Waals surface area contributed by atoms with Crippen molar-refractivity contribution < 1.29 is 49.0 Å². The summed E-state index contributed by atoms with van der Waals surface area (Å²) in [5.41, 5.74) is 0.924. The van der Waals surface area contributed by atoms with Crippen molar-refractivity contribution in [3.63, 3.8) is 0 Å². The van der Waals surface area contributed by atoms with Crippen LogP contribution in [-0.2, 0) is 20.8 Å². The molecule has 122 valence electrons. The van der Waals surface area contributed by atoms with Crippen LogP contribution in [0.1, 0.15) is 25.8 Å². The normalized spacial score (nSPS) is 27.0. The molecule has 0 unspecified atom stereocenters. The Hall–Kier alpha value is -0.820. The molecule has 1 amide bonds.